The zero-order valence-electron chi connectivity index (χ0n) is 13.8. The number of piperazine rings is 1. The molecule has 1 aliphatic heterocycles. The van der Waals surface area contributed by atoms with Crippen molar-refractivity contribution in [1.29, 1.82) is 0 Å². The van der Waals surface area contributed by atoms with E-state index in [1.54, 1.807) is 31.5 Å². The summed E-state index contributed by atoms with van der Waals surface area (Å²) >= 11 is 0. The van der Waals surface area contributed by atoms with E-state index in [9.17, 15) is 8.78 Å². The number of pyridine rings is 1. The van der Waals surface area contributed by atoms with Crippen LogP contribution in [0.1, 0.15) is 5.69 Å². The number of hydrogen-bond donors (Lipinski definition) is 0. The largest absolute Gasteiger partial charge is 0.367 e. The Labute approximate surface area is 143 Å². The van der Waals surface area contributed by atoms with Crippen molar-refractivity contribution >= 4 is 22.5 Å². The monoisotopic (exact) mass is 341 g/mol. The van der Waals surface area contributed by atoms with Crippen LogP contribution in [0, 0.1) is 18.6 Å². The van der Waals surface area contributed by atoms with Crippen LogP contribution in [0.2, 0.25) is 0 Å². The summed E-state index contributed by atoms with van der Waals surface area (Å²) in [5.74, 6) is -1.05. The van der Waals surface area contributed by atoms with Crippen LogP contribution in [0.15, 0.2) is 36.7 Å². The highest BCUT2D eigenvalue weighted by Gasteiger charge is 2.22. The lowest BCUT2D eigenvalue weighted by molar-refractivity contribution is 0.515. The van der Waals surface area contributed by atoms with Gasteiger partial charge in [-0.1, -0.05) is 0 Å². The van der Waals surface area contributed by atoms with Gasteiger partial charge in [-0.15, -0.1) is 0 Å². The molecular weight excluding hydrogens is 324 g/mol. The first-order chi connectivity index (χ1) is 12.1. The average Bonchev–Trinajstić information content (AvgIpc) is 2.65. The van der Waals surface area contributed by atoms with Crippen LogP contribution in [0.4, 0.5) is 20.4 Å². The van der Waals surface area contributed by atoms with Gasteiger partial charge in [0.15, 0.2) is 11.6 Å². The Balaban J connectivity index is 1.64. The lowest BCUT2D eigenvalue weighted by atomic mass is 10.1. The predicted molar refractivity (Wildman–Crippen MR) is 92.9 cm³/mol. The standard InChI is InChI=1S/C18H17F2N5/c1-12-11-15(13-3-4-14(19)16(20)17(13)23-12)24-7-9-25(10-8-24)18-21-5-2-6-22-18/h2-6,11H,7-10H2,1H3. The quantitative estimate of drug-likeness (QED) is 0.717. The number of anilines is 2. The van der Waals surface area contributed by atoms with Crippen molar-refractivity contribution in [3.63, 3.8) is 0 Å². The van der Waals surface area contributed by atoms with Gasteiger partial charge in [0.25, 0.3) is 0 Å². The maximum Gasteiger partial charge on any atom is 0.225 e. The molecular formula is C18H17F2N5. The molecule has 0 bridgehead atoms. The number of halogens is 2. The average molecular weight is 341 g/mol. The van der Waals surface area contributed by atoms with E-state index in [1.165, 1.54) is 0 Å². The number of nitrogens with zero attached hydrogens (tertiary/aromatic N) is 5. The fraction of sp³-hybridized carbons (Fsp3) is 0.278. The molecule has 7 heteroatoms. The van der Waals surface area contributed by atoms with Gasteiger partial charge in [-0.25, -0.2) is 23.7 Å². The maximum atomic E-state index is 14.1. The number of aromatic nitrogens is 3. The molecule has 1 aromatic carbocycles. The third kappa shape index (κ3) is 2.86. The first-order valence-electron chi connectivity index (χ1n) is 8.16. The summed E-state index contributed by atoms with van der Waals surface area (Å²) in [6, 6.07) is 6.47. The number of benzene rings is 1. The summed E-state index contributed by atoms with van der Waals surface area (Å²) in [6.07, 6.45) is 3.46. The van der Waals surface area contributed by atoms with Crippen molar-refractivity contribution in [2.75, 3.05) is 36.0 Å². The summed E-state index contributed by atoms with van der Waals surface area (Å²) in [6.45, 7) is 4.81. The molecule has 1 fully saturated rings. The Morgan fingerprint density at radius 1 is 0.960 bits per heavy atom. The van der Waals surface area contributed by atoms with Crippen LogP contribution >= 0.6 is 0 Å². The van der Waals surface area contributed by atoms with Crippen LogP contribution in [-0.2, 0) is 0 Å². The molecule has 5 nitrogen and oxygen atoms in total. The molecule has 3 aromatic rings. The summed E-state index contributed by atoms with van der Waals surface area (Å²) in [5, 5.41) is 0.633. The zero-order valence-corrected chi connectivity index (χ0v) is 13.8. The van der Waals surface area contributed by atoms with Gasteiger partial charge in [0, 0.05) is 55.3 Å². The highest BCUT2D eigenvalue weighted by Crippen LogP contribution is 2.30. The van der Waals surface area contributed by atoms with Gasteiger partial charge < -0.3 is 9.80 Å². The highest BCUT2D eigenvalue weighted by molar-refractivity contribution is 5.92. The SMILES string of the molecule is Cc1cc(N2CCN(c3ncccn3)CC2)c2ccc(F)c(F)c2n1. The minimum Gasteiger partial charge on any atom is -0.367 e. The molecule has 3 heterocycles. The van der Waals surface area contributed by atoms with Gasteiger partial charge in [-0.3, -0.25) is 0 Å². The normalized spacial score (nSPS) is 15.0. The molecule has 0 amide bonds. The molecule has 1 aliphatic rings. The van der Waals surface area contributed by atoms with Gasteiger partial charge in [0.2, 0.25) is 5.95 Å². The van der Waals surface area contributed by atoms with E-state index in [0.717, 1.165) is 37.9 Å². The second-order valence-corrected chi connectivity index (χ2v) is 6.06. The first kappa shape index (κ1) is 15.7. The van der Waals surface area contributed by atoms with Crippen LogP contribution < -0.4 is 9.80 Å². The Hall–Kier alpha value is -2.83. The van der Waals surface area contributed by atoms with Crippen molar-refractivity contribution in [1.82, 2.24) is 15.0 Å². The van der Waals surface area contributed by atoms with Gasteiger partial charge in [-0.2, -0.15) is 0 Å². The topological polar surface area (TPSA) is 45.2 Å². The molecule has 0 aliphatic carbocycles. The van der Waals surface area contributed by atoms with Gasteiger partial charge in [0.05, 0.1) is 0 Å². The maximum absolute atomic E-state index is 14.1. The van der Waals surface area contributed by atoms with E-state index in [-0.39, 0.29) is 5.52 Å². The minimum absolute atomic E-state index is 0.0869. The van der Waals surface area contributed by atoms with Crippen molar-refractivity contribution in [2.45, 2.75) is 6.92 Å². The molecule has 4 rings (SSSR count). The van der Waals surface area contributed by atoms with E-state index in [1.807, 2.05) is 6.07 Å². The molecule has 0 N–H and O–H groups in total. The number of aryl methyl sites for hydroxylation is 1. The first-order valence-corrected chi connectivity index (χ1v) is 8.16. The van der Waals surface area contributed by atoms with Crippen molar-refractivity contribution < 1.29 is 8.78 Å². The van der Waals surface area contributed by atoms with Crippen molar-refractivity contribution in [3.05, 3.63) is 54.0 Å². The number of rotatable bonds is 2. The summed E-state index contributed by atoms with van der Waals surface area (Å²) in [5.41, 5.74) is 1.64. The fourth-order valence-corrected chi connectivity index (χ4v) is 3.20. The van der Waals surface area contributed by atoms with E-state index in [0.29, 0.717) is 17.0 Å². The third-order valence-corrected chi connectivity index (χ3v) is 4.43. The van der Waals surface area contributed by atoms with Crippen molar-refractivity contribution in [2.24, 2.45) is 0 Å². The van der Waals surface area contributed by atoms with E-state index in [4.69, 9.17) is 0 Å². The van der Waals surface area contributed by atoms with E-state index >= 15 is 0 Å². The van der Waals surface area contributed by atoms with Gasteiger partial charge in [0.1, 0.15) is 5.52 Å². The summed E-state index contributed by atoms with van der Waals surface area (Å²) in [7, 11) is 0. The third-order valence-electron chi connectivity index (χ3n) is 4.43. The lowest BCUT2D eigenvalue weighted by Gasteiger charge is -2.36. The van der Waals surface area contributed by atoms with Crippen LogP contribution in [0.5, 0.6) is 0 Å². The second kappa shape index (κ2) is 6.23. The Kier molecular flexibility index (Phi) is 3.91. The van der Waals surface area contributed by atoms with Crippen LogP contribution in [0.3, 0.4) is 0 Å². The molecule has 1 saturated heterocycles. The highest BCUT2D eigenvalue weighted by atomic mass is 19.2. The molecule has 2 aromatic heterocycles. The lowest BCUT2D eigenvalue weighted by Crippen LogP contribution is -2.47. The molecule has 0 radical (unpaired) electrons. The second-order valence-electron chi connectivity index (χ2n) is 6.06. The van der Waals surface area contributed by atoms with Crippen LogP contribution in [-0.4, -0.2) is 41.1 Å². The van der Waals surface area contributed by atoms with Crippen molar-refractivity contribution in [3.8, 4) is 0 Å². The minimum atomic E-state index is -0.890. The summed E-state index contributed by atoms with van der Waals surface area (Å²) in [4.78, 5) is 17.0. The Bertz CT molecular complexity index is 908. The van der Waals surface area contributed by atoms with E-state index in [2.05, 4.69) is 24.8 Å². The molecule has 25 heavy (non-hydrogen) atoms. The van der Waals surface area contributed by atoms with Gasteiger partial charge in [-0.05, 0) is 31.2 Å². The smallest absolute Gasteiger partial charge is 0.225 e. The molecule has 0 unspecified atom stereocenters. The van der Waals surface area contributed by atoms with E-state index < -0.39 is 11.6 Å². The fourth-order valence-electron chi connectivity index (χ4n) is 3.20. The molecule has 0 atom stereocenters. The molecule has 128 valence electrons. The van der Waals surface area contributed by atoms with Gasteiger partial charge >= 0.3 is 0 Å². The number of hydrogen-bond acceptors (Lipinski definition) is 5. The Morgan fingerprint density at radius 3 is 2.36 bits per heavy atom. The Morgan fingerprint density at radius 2 is 1.64 bits per heavy atom. The summed E-state index contributed by atoms with van der Waals surface area (Å²) < 4.78 is 27.7. The van der Waals surface area contributed by atoms with Crippen LogP contribution in [0.25, 0.3) is 10.9 Å². The predicted octanol–water partition coefficient (Wildman–Crippen LogP) is 2.94. The molecule has 0 saturated carbocycles. The number of fused-ring (bicyclic) bond motifs is 1. The molecule has 0 spiro atoms. The zero-order chi connectivity index (χ0) is 17.4.